The summed E-state index contributed by atoms with van der Waals surface area (Å²) in [6.45, 7) is 1.91. The molecule has 100 valence electrons. The predicted molar refractivity (Wildman–Crippen MR) is 85.6 cm³/mol. The van der Waals surface area contributed by atoms with Crippen molar-refractivity contribution in [1.29, 1.82) is 0 Å². The van der Waals surface area contributed by atoms with Crippen molar-refractivity contribution in [2.75, 3.05) is 0 Å². The lowest BCUT2D eigenvalue weighted by Gasteiger charge is -2.03. The standard InChI is InChI=1S/C16H11BrClNO/c1-9-15(11-4-2-3-5-14(11)19-9)16(20)10-6-7-12(17)13(18)8-10/h2-8,19H,1H3. The largest absolute Gasteiger partial charge is 0.358 e. The zero-order chi connectivity index (χ0) is 14.3. The highest BCUT2D eigenvalue weighted by atomic mass is 79.9. The Morgan fingerprint density at radius 2 is 1.95 bits per heavy atom. The molecule has 0 radical (unpaired) electrons. The van der Waals surface area contributed by atoms with Crippen molar-refractivity contribution in [2.24, 2.45) is 0 Å². The van der Waals surface area contributed by atoms with Crippen molar-refractivity contribution < 1.29 is 4.79 Å². The maximum absolute atomic E-state index is 12.7. The van der Waals surface area contributed by atoms with Gasteiger partial charge in [0.2, 0.25) is 0 Å². The van der Waals surface area contributed by atoms with Crippen LogP contribution in [0.1, 0.15) is 21.6 Å². The van der Waals surface area contributed by atoms with E-state index in [9.17, 15) is 4.79 Å². The minimum atomic E-state index is -0.0191. The molecule has 0 aliphatic rings. The van der Waals surface area contributed by atoms with Gasteiger partial charge in [-0.05, 0) is 47.1 Å². The Morgan fingerprint density at radius 3 is 2.70 bits per heavy atom. The summed E-state index contributed by atoms with van der Waals surface area (Å²) in [7, 11) is 0. The summed E-state index contributed by atoms with van der Waals surface area (Å²) in [5, 5.41) is 1.47. The summed E-state index contributed by atoms with van der Waals surface area (Å²) in [5.74, 6) is -0.0191. The molecular formula is C16H11BrClNO. The van der Waals surface area contributed by atoms with Crippen LogP contribution in [0.2, 0.25) is 5.02 Å². The molecule has 3 aromatic rings. The van der Waals surface area contributed by atoms with Crippen molar-refractivity contribution in [3.05, 3.63) is 68.8 Å². The number of fused-ring (bicyclic) bond motifs is 1. The summed E-state index contributed by atoms with van der Waals surface area (Å²) in [4.78, 5) is 16.0. The molecule has 4 heteroatoms. The summed E-state index contributed by atoms with van der Waals surface area (Å²) in [5.41, 5.74) is 3.14. The lowest BCUT2D eigenvalue weighted by Crippen LogP contribution is -2.02. The van der Waals surface area contributed by atoms with Crippen LogP contribution in [0.3, 0.4) is 0 Å². The third-order valence-electron chi connectivity index (χ3n) is 3.30. The lowest BCUT2D eigenvalue weighted by atomic mass is 10.0. The zero-order valence-electron chi connectivity index (χ0n) is 10.7. The highest BCUT2D eigenvalue weighted by molar-refractivity contribution is 9.10. The van der Waals surface area contributed by atoms with Crippen LogP contribution in [0.15, 0.2) is 46.9 Å². The van der Waals surface area contributed by atoms with E-state index in [4.69, 9.17) is 11.6 Å². The molecule has 0 saturated heterocycles. The molecule has 0 amide bonds. The number of ketones is 1. The van der Waals surface area contributed by atoms with Crippen LogP contribution >= 0.6 is 27.5 Å². The molecule has 0 fully saturated rings. The van der Waals surface area contributed by atoms with E-state index in [0.29, 0.717) is 16.1 Å². The second-order valence-corrected chi connectivity index (χ2v) is 5.89. The quantitative estimate of drug-likeness (QED) is 0.640. The Kier molecular flexibility index (Phi) is 3.40. The number of aromatic amines is 1. The molecule has 0 bridgehead atoms. The van der Waals surface area contributed by atoms with Crippen LogP contribution in [0.4, 0.5) is 0 Å². The van der Waals surface area contributed by atoms with Gasteiger partial charge in [-0.15, -0.1) is 0 Å². The number of H-pyrrole nitrogens is 1. The van der Waals surface area contributed by atoms with Gasteiger partial charge in [-0.1, -0.05) is 29.8 Å². The van der Waals surface area contributed by atoms with Gasteiger partial charge in [-0.2, -0.15) is 0 Å². The summed E-state index contributed by atoms with van der Waals surface area (Å²) in [6, 6.07) is 13.1. The Balaban J connectivity index is 2.17. The highest BCUT2D eigenvalue weighted by Gasteiger charge is 2.18. The first-order valence-corrected chi connectivity index (χ1v) is 7.32. The van der Waals surface area contributed by atoms with E-state index in [2.05, 4.69) is 20.9 Å². The van der Waals surface area contributed by atoms with E-state index in [1.807, 2.05) is 31.2 Å². The second-order valence-electron chi connectivity index (χ2n) is 4.63. The molecule has 0 aliphatic heterocycles. The molecule has 1 N–H and O–H groups in total. The first-order valence-electron chi connectivity index (χ1n) is 6.15. The van der Waals surface area contributed by atoms with Gasteiger partial charge in [0.05, 0.1) is 10.6 Å². The Morgan fingerprint density at radius 1 is 1.20 bits per heavy atom. The molecule has 0 atom stereocenters. The van der Waals surface area contributed by atoms with Gasteiger partial charge in [0.25, 0.3) is 0 Å². The number of hydrogen-bond donors (Lipinski definition) is 1. The molecular weight excluding hydrogens is 338 g/mol. The van der Waals surface area contributed by atoms with Crippen LogP contribution in [0.25, 0.3) is 10.9 Å². The fraction of sp³-hybridized carbons (Fsp3) is 0.0625. The van der Waals surface area contributed by atoms with E-state index in [0.717, 1.165) is 21.1 Å². The summed E-state index contributed by atoms with van der Waals surface area (Å²) >= 11 is 9.40. The van der Waals surface area contributed by atoms with Crippen LogP contribution in [-0.2, 0) is 0 Å². The Hall–Kier alpha value is -1.58. The molecule has 0 aliphatic carbocycles. The molecule has 0 unspecified atom stereocenters. The average Bonchev–Trinajstić information content (AvgIpc) is 2.77. The van der Waals surface area contributed by atoms with Crippen molar-refractivity contribution in [3.8, 4) is 0 Å². The number of halogens is 2. The lowest BCUT2D eigenvalue weighted by molar-refractivity contribution is 0.103. The first-order chi connectivity index (χ1) is 9.58. The van der Waals surface area contributed by atoms with Gasteiger partial charge in [-0.25, -0.2) is 0 Å². The number of carbonyl (C=O) groups excluding carboxylic acids is 1. The molecule has 20 heavy (non-hydrogen) atoms. The van der Waals surface area contributed by atoms with E-state index in [1.54, 1.807) is 18.2 Å². The topological polar surface area (TPSA) is 32.9 Å². The monoisotopic (exact) mass is 347 g/mol. The van der Waals surface area contributed by atoms with Gasteiger partial charge in [0, 0.05) is 26.6 Å². The van der Waals surface area contributed by atoms with Crippen LogP contribution in [0, 0.1) is 6.92 Å². The van der Waals surface area contributed by atoms with Gasteiger partial charge in [0.1, 0.15) is 0 Å². The van der Waals surface area contributed by atoms with Gasteiger partial charge < -0.3 is 4.98 Å². The minimum Gasteiger partial charge on any atom is -0.358 e. The fourth-order valence-electron chi connectivity index (χ4n) is 2.35. The molecule has 2 nitrogen and oxygen atoms in total. The van der Waals surface area contributed by atoms with E-state index >= 15 is 0 Å². The number of aryl methyl sites for hydroxylation is 1. The fourth-order valence-corrected chi connectivity index (χ4v) is 2.78. The van der Waals surface area contributed by atoms with E-state index in [-0.39, 0.29) is 5.78 Å². The van der Waals surface area contributed by atoms with Crippen LogP contribution in [-0.4, -0.2) is 10.8 Å². The SMILES string of the molecule is Cc1[nH]c2ccccc2c1C(=O)c1ccc(Br)c(Cl)c1. The molecule has 3 rings (SSSR count). The van der Waals surface area contributed by atoms with E-state index < -0.39 is 0 Å². The molecule has 1 aromatic heterocycles. The highest BCUT2D eigenvalue weighted by Crippen LogP contribution is 2.28. The predicted octanol–water partition coefficient (Wildman–Crippen LogP) is 5.12. The molecule has 0 saturated carbocycles. The van der Waals surface area contributed by atoms with Crippen LogP contribution in [0.5, 0.6) is 0 Å². The molecule has 1 heterocycles. The number of rotatable bonds is 2. The number of benzene rings is 2. The molecule has 2 aromatic carbocycles. The van der Waals surface area contributed by atoms with Crippen LogP contribution < -0.4 is 0 Å². The van der Waals surface area contributed by atoms with Crippen molar-refractivity contribution in [2.45, 2.75) is 6.92 Å². The maximum Gasteiger partial charge on any atom is 0.195 e. The average molecular weight is 349 g/mol. The maximum atomic E-state index is 12.7. The number of para-hydroxylation sites is 1. The third kappa shape index (κ3) is 2.17. The number of hydrogen-bond acceptors (Lipinski definition) is 1. The summed E-state index contributed by atoms with van der Waals surface area (Å²) in [6.07, 6.45) is 0. The van der Waals surface area contributed by atoms with E-state index in [1.165, 1.54) is 0 Å². The minimum absolute atomic E-state index is 0.0191. The van der Waals surface area contributed by atoms with Gasteiger partial charge in [-0.3, -0.25) is 4.79 Å². The van der Waals surface area contributed by atoms with Gasteiger partial charge in [0.15, 0.2) is 5.78 Å². The van der Waals surface area contributed by atoms with Gasteiger partial charge >= 0.3 is 0 Å². The summed E-state index contributed by atoms with van der Waals surface area (Å²) < 4.78 is 0.784. The number of aromatic nitrogens is 1. The normalized spacial score (nSPS) is 10.9. The second kappa shape index (κ2) is 5.08. The van der Waals surface area contributed by atoms with Crippen molar-refractivity contribution >= 4 is 44.2 Å². The van der Waals surface area contributed by atoms with Crippen molar-refractivity contribution in [3.63, 3.8) is 0 Å². The number of carbonyl (C=O) groups is 1. The molecule has 0 spiro atoms. The first kappa shape index (κ1) is 13.4. The zero-order valence-corrected chi connectivity index (χ0v) is 13.0. The number of nitrogens with one attached hydrogen (secondary N) is 1. The Bertz CT molecular complexity index is 822. The Labute approximate surface area is 129 Å². The third-order valence-corrected chi connectivity index (χ3v) is 4.53. The smallest absolute Gasteiger partial charge is 0.195 e. The van der Waals surface area contributed by atoms with Crippen molar-refractivity contribution in [1.82, 2.24) is 4.98 Å².